The molecule has 0 fully saturated rings. The zero-order valence-corrected chi connectivity index (χ0v) is 15.4. The Morgan fingerprint density at radius 2 is 1.87 bits per heavy atom. The molecule has 130 valence electrons. The third-order valence-electron chi connectivity index (χ3n) is 3.01. The van der Waals surface area contributed by atoms with Crippen molar-refractivity contribution in [2.75, 3.05) is 18.4 Å². The fourth-order valence-electron chi connectivity index (χ4n) is 1.94. The predicted molar refractivity (Wildman–Crippen MR) is 92.6 cm³/mol. The number of ether oxygens (including phenoxy) is 1. The minimum absolute atomic E-state index is 0.0646. The largest absolute Gasteiger partial charge is 0.444 e. The monoisotopic (exact) mass is 344 g/mol. The van der Waals surface area contributed by atoms with Gasteiger partial charge in [-0.15, -0.1) is 0 Å². The second-order valence-corrected chi connectivity index (χ2v) is 7.77. The smallest absolute Gasteiger partial charge is 0.410 e. The van der Waals surface area contributed by atoms with Crippen molar-refractivity contribution in [2.45, 2.75) is 52.7 Å². The van der Waals surface area contributed by atoms with Crippen LogP contribution in [-0.2, 0) is 4.74 Å². The van der Waals surface area contributed by atoms with Gasteiger partial charge in [-0.1, -0.05) is 11.6 Å². The minimum Gasteiger partial charge on any atom is -0.444 e. The molecule has 0 atom stereocenters. The number of carbonyl (C=O) groups is 1. The molecule has 0 aliphatic rings. The van der Waals surface area contributed by atoms with Gasteiger partial charge in [-0.05, 0) is 59.7 Å². The summed E-state index contributed by atoms with van der Waals surface area (Å²) in [4.78, 5) is 14.0. The van der Waals surface area contributed by atoms with Gasteiger partial charge < -0.3 is 15.0 Å². The average Bonchev–Trinajstić information content (AvgIpc) is 2.35. The summed E-state index contributed by atoms with van der Waals surface area (Å²) in [6.45, 7) is 12.3. The average molecular weight is 345 g/mol. The van der Waals surface area contributed by atoms with E-state index in [1.54, 1.807) is 11.0 Å². The van der Waals surface area contributed by atoms with Crippen LogP contribution in [0.1, 0.15) is 41.5 Å². The van der Waals surface area contributed by atoms with Crippen molar-refractivity contribution in [3.63, 3.8) is 0 Å². The summed E-state index contributed by atoms with van der Waals surface area (Å²) < 4.78 is 18.6. The van der Waals surface area contributed by atoms with Crippen molar-refractivity contribution in [2.24, 2.45) is 0 Å². The number of amides is 1. The molecule has 0 unspecified atom stereocenters. The summed E-state index contributed by atoms with van der Waals surface area (Å²) in [5.74, 6) is -0.456. The number of nitrogens with zero attached hydrogens (tertiary/aromatic N) is 1. The third kappa shape index (κ3) is 6.65. The quantitative estimate of drug-likeness (QED) is 0.842. The van der Waals surface area contributed by atoms with E-state index in [1.165, 1.54) is 12.1 Å². The standard InChI is InChI=1S/C17H26ClFN2O2/c1-16(2,3)21(15(22)23-17(4,5)6)10-9-20-12-7-8-14(19)13(18)11-12/h7-8,11,20H,9-10H2,1-6H3. The molecule has 1 rings (SSSR count). The molecule has 0 saturated heterocycles. The fraction of sp³-hybridized carbons (Fsp3) is 0.588. The van der Waals surface area contributed by atoms with E-state index in [4.69, 9.17) is 16.3 Å². The zero-order valence-electron chi connectivity index (χ0n) is 14.7. The number of halogens is 2. The van der Waals surface area contributed by atoms with Crippen molar-refractivity contribution < 1.29 is 13.9 Å². The molecule has 0 bridgehead atoms. The van der Waals surface area contributed by atoms with Crippen molar-refractivity contribution in [3.05, 3.63) is 29.0 Å². The first-order valence-electron chi connectivity index (χ1n) is 7.60. The van der Waals surface area contributed by atoms with Gasteiger partial charge in [0.05, 0.1) is 5.02 Å². The van der Waals surface area contributed by atoms with E-state index >= 15 is 0 Å². The van der Waals surface area contributed by atoms with Gasteiger partial charge in [-0.25, -0.2) is 9.18 Å². The second-order valence-electron chi connectivity index (χ2n) is 7.36. The Hall–Kier alpha value is -1.49. The van der Waals surface area contributed by atoms with Gasteiger partial charge >= 0.3 is 6.09 Å². The van der Waals surface area contributed by atoms with E-state index in [1.807, 2.05) is 41.5 Å². The van der Waals surface area contributed by atoms with E-state index < -0.39 is 11.4 Å². The van der Waals surface area contributed by atoms with Gasteiger partial charge in [-0.2, -0.15) is 0 Å². The van der Waals surface area contributed by atoms with E-state index in [0.29, 0.717) is 18.8 Å². The molecule has 0 saturated carbocycles. The highest BCUT2D eigenvalue weighted by Gasteiger charge is 2.30. The molecular formula is C17H26ClFN2O2. The van der Waals surface area contributed by atoms with E-state index in [2.05, 4.69) is 5.32 Å². The number of anilines is 1. The van der Waals surface area contributed by atoms with Crippen LogP contribution < -0.4 is 5.32 Å². The summed E-state index contributed by atoms with van der Waals surface area (Å²) in [5, 5.41) is 3.20. The Balaban J connectivity index is 2.68. The SMILES string of the molecule is CC(C)(C)OC(=O)N(CCNc1ccc(F)c(Cl)c1)C(C)(C)C. The first-order valence-corrected chi connectivity index (χ1v) is 7.97. The summed E-state index contributed by atoms with van der Waals surface area (Å²) in [7, 11) is 0. The summed E-state index contributed by atoms with van der Waals surface area (Å²) in [6, 6.07) is 4.43. The normalized spacial score (nSPS) is 12.0. The van der Waals surface area contributed by atoms with Crippen LogP contribution in [0.15, 0.2) is 18.2 Å². The van der Waals surface area contributed by atoms with Crippen molar-refractivity contribution in [1.82, 2.24) is 4.90 Å². The number of benzene rings is 1. The molecule has 1 aromatic carbocycles. The van der Waals surface area contributed by atoms with Gasteiger partial charge in [0.1, 0.15) is 11.4 Å². The van der Waals surface area contributed by atoms with Gasteiger partial charge in [0.25, 0.3) is 0 Å². The number of rotatable bonds is 4. The fourth-order valence-corrected chi connectivity index (χ4v) is 2.12. The molecule has 0 aliphatic carbocycles. The molecule has 0 heterocycles. The molecule has 1 aromatic rings. The van der Waals surface area contributed by atoms with E-state index in [-0.39, 0.29) is 16.7 Å². The Kier molecular flexibility index (Phi) is 6.28. The Morgan fingerprint density at radius 1 is 1.26 bits per heavy atom. The highest BCUT2D eigenvalue weighted by atomic mass is 35.5. The van der Waals surface area contributed by atoms with Crippen LogP contribution in [-0.4, -0.2) is 35.2 Å². The summed E-state index contributed by atoms with van der Waals surface area (Å²) in [5.41, 5.74) is -0.211. The number of hydrogen-bond acceptors (Lipinski definition) is 3. The molecule has 0 aromatic heterocycles. The van der Waals surface area contributed by atoms with Crippen LogP contribution in [0.4, 0.5) is 14.9 Å². The summed E-state index contributed by atoms with van der Waals surface area (Å²) >= 11 is 5.75. The lowest BCUT2D eigenvalue weighted by molar-refractivity contribution is 0.00749. The minimum atomic E-state index is -0.543. The first-order chi connectivity index (χ1) is 10.4. The van der Waals surface area contributed by atoms with Crippen LogP contribution in [0.5, 0.6) is 0 Å². The maximum absolute atomic E-state index is 13.1. The first kappa shape index (κ1) is 19.6. The molecule has 0 spiro atoms. The van der Waals surface area contributed by atoms with Crippen LogP contribution in [0, 0.1) is 5.82 Å². The van der Waals surface area contributed by atoms with Gasteiger partial charge in [-0.3, -0.25) is 0 Å². The summed E-state index contributed by atoms with van der Waals surface area (Å²) in [6.07, 6.45) is -0.357. The van der Waals surface area contributed by atoms with Gasteiger partial charge in [0.15, 0.2) is 0 Å². The van der Waals surface area contributed by atoms with Gasteiger partial charge in [0, 0.05) is 24.3 Å². The molecular weight excluding hydrogens is 319 g/mol. The third-order valence-corrected chi connectivity index (χ3v) is 3.30. The Morgan fingerprint density at radius 3 is 2.35 bits per heavy atom. The second kappa shape index (κ2) is 7.39. The molecule has 1 amide bonds. The maximum atomic E-state index is 13.1. The topological polar surface area (TPSA) is 41.6 Å². The lowest BCUT2D eigenvalue weighted by Gasteiger charge is -2.37. The molecule has 0 radical (unpaired) electrons. The van der Waals surface area contributed by atoms with Crippen LogP contribution >= 0.6 is 11.6 Å². The lowest BCUT2D eigenvalue weighted by Crippen LogP contribution is -2.49. The van der Waals surface area contributed by atoms with Crippen LogP contribution in [0.25, 0.3) is 0 Å². The van der Waals surface area contributed by atoms with Crippen LogP contribution in [0.3, 0.4) is 0 Å². The highest BCUT2D eigenvalue weighted by molar-refractivity contribution is 6.31. The molecule has 4 nitrogen and oxygen atoms in total. The lowest BCUT2D eigenvalue weighted by atomic mass is 10.1. The Bertz CT molecular complexity index is 551. The van der Waals surface area contributed by atoms with Crippen molar-refractivity contribution in [1.29, 1.82) is 0 Å². The van der Waals surface area contributed by atoms with E-state index in [0.717, 1.165) is 0 Å². The van der Waals surface area contributed by atoms with Crippen LogP contribution in [0.2, 0.25) is 5.02 Å². The molecule has 6 heteroatoms. The number of carbonyl (C=O) groups excluding carboxylic acids is 1. The zero-order chi connectivity index (χ0) is 17.8. The number of nitrogens with one attached hydrogen (secondary N) is 1. The molecule has 1 N–H and O–H groups in total. The Labute approximate surface area is 142 Å². The van der Waals surface area contributed by atoms with Crippen molar-refractivity contribution in [3.8, 4) is 0 Å². The van der Waals surface area contributed by atoms with Crippen molar-refractivity contribution >= 4 is 23.4 Å². The highest BCUT2D eigenvalue weighted by Crippen LogP contribution is 2.20. The molecule has 0 aliphatic heterocycles. The maximum Gasteiger partial charge on any atom is 0.410 e. The number of hydrogen-bond donors (Lipinski definition) is 1. The predicted octanol–water partition coefficient (Wildman–Crippen LogP) is 4.93. The van der Waals surface area contributed by atoms with E-state index in [9.17, 15) is 9.18 Å². The molecule has 23 heavy (non-hydrogen) atoms. The van der Waals surface area contributed by atoms with Gasteiger partial charge in [0.2, 0.25) is 0 Å².